The molecule has 3 aliphatic rings. The monoisotopic (exact) mass is 392 g/mol. The first-order valence-electron chi connectivity index (χ1n) is 9.86. The normalized spacial score (nSPS) is 25.5. The van der Waals surface area contributed by atoms with E-state index in [4.69, 9.17) is 4.74 Å². The van der Waals surface area contributed by atoms with Crippen molar-refractivity contribution in [2.24, 2.45) is 0 Å². The summed E-state index contributed by atoms with van der Waals surface area (Å²) in [4.78, 5) is 17.0. The highest BCUT2D eigenvalue weighted by molar-refractivity contribution is 7.91. The molecule has 0 aliphatic carbocycles. The van der Waals surface area contributed by atoms with Gasteiger partial charge in [0.25, 0.3) is 0 Å². The summed E-state index contributed by atoms with van der Waals surface area (Å²) in [5, 5.41) is 0. The number of para-hydroxylation sites is 1. The molecular formula is C20H28N2O4S. The van der Waals surface area contributed by atoms with Gasteiger partial charge in [-0.25, -0.2) is 8.42 Å². The zero-order chi connectivity index (χ0) is 19.1. The lowest BCUT2D eigenvalue weighted by molar-refractivity contribution is -0.131. The standard InChI is InChI=1S/C20H28N2O4S/c1-2-22(16-7-12-27(24,25)14-16)19(23)13-21-15-20(8-10-26-11-9-20)17-5-3-4-6-18(17)21/h3-6,16H,2,7-15H2,1H3. The van der Waals surface area contributed by atoms with E-state index in [0.29, 0.717) is 19.5 Å². The molecule has 7 heteroatoms. The number of fused-ring (bicyclic) bond motifs is 2. The molecule has 4 rings (SSSR count). The highest BCUT2D eigenvalue weighted by atomic mass is 32.2. The first-order valence-corrected chi connectivity index (χ1v) is 11.7. The van der Waals surface area contributed by atoms with Crippen LogP contribution in [0.15, 0.2) is 24.3 Å². The van der Waals surface area contributed by atoms with E-state index < -0.39 is 9.84 Å². The Kier molecular flexibility index (Phi) is 4.93. The van der Waals surface area contributed by atoms with Crippen LogP contribution in [0.25, 0.3) is 0 Å². The lowest BCUT2D eigenvalue weighted by Gasteiger charge is -2.35. The third-order valence-electron chi connectivity index (χ3n) is 6.40. The van der Waals surface area contributed by atoms with Gasteiger partial charge in [-0.15, -0.1) is 0 Å². The quantitative estimate of drug-likeness (QED) is 0.779. The molecule has 0 saturated carbocycles. The van der Waals surface area contributed by atoms with Crippen LogP contribution in [-0.4, -0.2) is 69.6 Å². The van der Waals surface area contributed by atoms with Crippen LogP contribution in [-0.2, 0) is 24.8 Å². The van der Waals surface area contributed by atoms with Gasteiger partial charge in [-0.1, -0.05) is 18.2 Å². The Labute approximate surface area is 161 Å². The Morgan fingerprint density at radius 3 is 2.70 bits per heavy atom. The summed E-state index contributed by atoms with van der Waals surface area (Å²) in [6.07, 6.45) is 2.51. The molecule has 1 unspecified atom stereocenters. The summed E-state index contributed by atoms with van der Waals surface area (Å²) in [5.74, 6) is 0.320. The van der Waals surface area contributed by atoms with Crippen LogP contribution in [0.2, 0.25) is 0 Å². The molecule has 1 spiro atoms. The SMILES string of the molecule is CCN(C(=O)CN1CC2(CCOCC2)c2ccccc21)C1CCS(=O)(=O)C1. The maximum absolute atomic E-state index is 13.1. The molecule has 1 amide bonds. The molecule has 0 aromatic heterocycles. The van der Waals surface area contributed by atoms with Gasteiger partial charge in [0.15, 0.2) is 9.84 Å². The predicted molar refractivity (Wildman–Crippen MR) is 105 cm³/mol. The van der Waals surface area contributed by atoms with Crippen molar-refractivity contribution >= 4 is 21.4 Å². The predicted octanol–water partition coefficient (Wildman–Crippen LogP) is 1.59. The van der Waals surface area contributed by atoms with Crippen LogP contribution in [0.5, 0.6) is 0 Å². The molecule has 148 valence electrons. The van der Waals surface area contributed by atoms with E-state index >= 15 is 0 Å². The topological polar surface area (TPSA) is 66.9 Å². The first-order chi connectivity index (χ1) is 12.9. The fourth-order valence-electron chi connectivity index (χ4n) is 4.98. The van der Waals surface area contributed by atoms with Gasteiger partial charge < -0.3 is 14.5 Å². The van der Waals surface area contributed by atoms with Gasteiger partial charge in [-0.05, 0) is 37.8 Å². The maximum Gasteiger partial charge on any atom is 0.242 e. The third-order valence-corrected chi connectivity index (χ3v) is 8.15. The van der Waals surface area contributed by atoms with Gasteiger partial charge in [0.05, 0.1) is 18.1 Å². The van der Waals surface area contributed by atoms with Crippen molar-refractivity contribution in [3.05, 3.63) is 29.8 Å². The van der Waals surface area contributed by atoms with Crippen molar-refractivity contribution in [2.45, 2.75) is 37.6 Å². The summed E-state index contributed by atoms with van der Waals surface area (Å²) in [7, 11) is -3.00. The molecule has 2 saturated heterocycles. The number of anilines is 1. The molecule has 1 atom stereocenters. The summed E-state index contributed by atoms with van der Waals surface area (Å²) in [6.45, 7) is 5.15. The average Bonchev–Trinajstić information content (AvgIpc) is 3.15. The Morgan fingerprint density at radius 1 is 1.30 bits per heavy atom. The summed E-state index contributed by atoms with van der Waals surface area (Å²) in [6, 6.07) is 8.20. The van der Waals surface area contributed by atoms with Crippen LogP contribution in [0, 0.1) is 0 Å². The Morgan fingerprint density at radius 2 is 2.04 bits per heavy atom. The Hall–Kier alpha value is -1.60. The van der Waals surface area contributed by atoms with Crippen molar-refractivity contribution < 1.29 is 17.9 Å². The zero-order valence-corrected chi connectivity index (χ0v) is 16.7. The van der Waals surface area contributed by atoms with Gasteiger partial charge in [-0.2, -0.15) is 0 Å². The van der Waals surface area contributed by atoms with Crippen LogP contribution >= 0.6 is 0 Å². The molecule has 3 heterocycles. The Bertz CT molecular complexity index is 817. The van der Waals surface area contributed by atoms with Gasteiger partial charge in [0, 0.05) is 43.4 Å². The lowest BCUT2D eigenvalue weighted by Crippen LogP contribution is -2.47. The molecule has 6 nitrogen and oxygen atoms in total. The summed E-state index contributed by atoms with van der Waals surface area (Å²) >= 11 is 0. The van der Waals surface area contributed by atoms with Gasteiger partial charge in [0.2, 0.25) is 5.91 Å². The fourth-order valence-corrected chi connectivity index (χ4v) is 6.71. The van der Waals surface area contributed by atoms with Crippen LogP contribution < -0.4 is 4.90 Å². The molecular weight excluding hydrogens is 364 g/mol. The highest BCUT2D eigenvalue weighted by Gasteiger charge is 2.44. The molecule has 3 aliphatic heterocycles. The summed E-state index contributed by atoms with van der Waals surface area (Å²) < 4.78 is 29.2. The third kappa shape index (κ3) is 3.47. The van der Waals surface area contributed by atoms with Crippen molar-refractivity contribution in [3.8, 4) is 0 Å². The number of benzene rings is 1. The van der Waals surface area contributed by atoms with Crippen molar-refractivity contribution in [2.75, 3.05) is 49.3 Å². The molecule has 0 bridgehead atoms. The van der Waals surface area contributed by atoms with Crippen molar-refractivity contribution in [1.29, 1.82) is 0 Å². The first kappa shape index (κ1) is 18.7. The number of hydrogen-bond donors (Lipinski definition) is 0. The minimum absolute atomic E-state index is 0.0264. The van der Waals surface area contributed by atoms with E-state index in [0.717, 1.165) is 38.3 Å². The van der Waals surface area contributed by atoms with E-state index in [2.05, 4.69) is 23.1 Å². The van der Waals surface area contributed by atoms with E-state index in [1.807, 2.05) is 13.0 Å². The number of carbonyl (C=O) groups excluding carboxylic acids is 1. The van der Waals surface area contributed by atoms with Gasteiger partial charge >= 0.3 is 0 Å². The number of nitrogens with zero attached hydrogens (tertiary/aromatic N) is 2. The van der Waals surface area contributed by atoms with E-state index in [1.165, 1.54) is 5.56 Å². The van der Waals surface area contributed by atoms with E-state index in [9.17, 15) is 13.2 Å². The second kappa shape index (κ2) is 7.09. The minimum atomic E-state index is -3.00. The largest absolute Gasteiger partial charge is 0.381 e. The zero-order valence-electron chi connectivity index (χ0n) is 15.9. The van der Waals surface area contributed by atoms with E-state index in [1.54, 1.807) is 4.90 Å². The number of rotatable bonds is 4. The molecule has 1 aromatic carbocycles. The fraction of sp³-hybridized carbons (Fsp3) is 0.650. The second-order valence-electron chi connectivity index (χ2n) is 8.00. The maximum atomic E-state index is 13.1. The van der Waals surface area contributed by atoms with Gasteiger partial charge in [0.1, 0.15) is 0 Å². The number of amides is 1. The van der Waals surface area contributed by atoms with E-state index in [-0.39, 0.29) is 28.9 Å². The number of hydrogen-bond acceptors (Lipinski definition) is 5. The van der Waals surface area contributed by atoms with Crippen LogP contribution in [0.1, 0.15) is 31.7 Å². The van der Waals surface area contributed by atoms with Crippen molar-refractivity contribution in [3.63, 3.8) is 0 Å². The summed E-state index contributed by atoms with van der Waals surface area (Å²) in [5.41, 5.74) is 2.54. The molecule has 27 heavy (non-hydrogen) atoms. The number of carbonyl (C=O) groups is 1. The van der Waals surface area contributed by atoms with Crippen LogP contribution in [0.3, 0.4) is 0 Å². The van der Waals surface area contributed by atoms with Crippen LogP contribution in [0.4, 0.5) is 5.69 Å². The molecule has 0 radical (unpaired) electrons. The van der Waals surface area contributed by atoms with Gasteiger partial charge in [-0.3, -0.25) is 4.79 Å². The minimum Gasteiger partial charge on any atom is -0.381 e. The molecule has 2 fully saturated rings. The number of likely N-dealkylation sites (N-methyl/N-ethyl adjacent to an activating group) is 1. The smallest absolute Gasteiger partial charge is 0.242 e. The Balaban J connectivity index is 1.53. The second-order valence-corrected chi connectivity index (χ2v) is 10.2. The highest BCUT2D eigenvalue weighted by Crippen LogP contribution is 2.46. The molecule has 1 aromatic rings. The lowest BCUT2D eigenvalue weighted by atomic mass is 9.76. The van der Waals surface area contributed by atoms with Crippen molar-refractivity contribution in [1.82, 2.24) is 4.90 Å². The number of ether oxygens (including phenoxy) is 1. The molecule has 0 N–H and O–H groups in total. The average molecular weight is 393 g/mol. The number of sulfone groups is 1.